The molecule has 0 rings (SSSR count). The van der Waals surface area contributed by atoms with Crippen molar-refractivity contribution in [3.8, 4) is 6.07 Å². The van der Waals surface area contributed by atoms with Crippen molar-refractivity contribution < 1.29 is 14.3 Å². The fourth-order valence-corrected chi connectivity index (χ4v) is 0.385. The number of allylic oxidation sites excluding steroid dienone is 1. The highest BCUT2D eigenvalue weighted by Crippen LogP contribution is 1.94. The standard InChI is InChI=1S/C7H9NO3/c1-3-10-7(4-8)5-11-6(2)9/h5H,3H2,1-2H3. The minimum absolute atomic E-state index is 0.00250. The van der Waals surface area contributed by atoms with Gasteiger partial charge in [0.2, 0.25) is 5.76 Å². The number of rotatable bonds is 3. The topological polar surface area (TPSA) is 59.3 Å². The van der Waals surface area contributed by atoms with Gasteiger partial charge in [-0.2, -0.15) is 5.26 Å². The van der Waals surface area contributed by atoms with Crippen molar-refractivity contribution in [3.05, 3.63) is 12.0 Å². The first-order valence-electron chi connectivity index (χ1n) is 3.11. The summed E-state index contributed by atoms with van der Waals surface area (Å²) in [6.45, 7) is 3.36. The van der Waals surface area contributed by atoms with Crippen molar-refractivity contribution in [1.82, 2.24) is 0 Å². The molecule has 0 aliphatic heterocycles. The molecule has 0 aliphatic rings. The molecule has 0 aliphatic carbocycles. The summed E-state index contributed by atoms with van der Waals surface area (Å²) in [5, 5.41) is 8.34. The molecule has 0 aromatic rings. The predicted molar refractivity (Wildman–Crippen MR) is 37.1 cm³/mol. The van der Waals surface area contributed by atoms with E-state index in [0.717, 1.165) is 6.26 Å². The van der Waals surface area contributed by atoms with Crippen LogP contribution in [-0.4, -0.2) is 12.6 Å². The number of ether oxygens (including phenoxy) is 2. The third kappa shape index (κ3) is 4.97. The summed E-state index contributed by atoms with van der Waals surface area (Å²) in [6.07, 6.45) is 0.992. The second kappa shape index (κ2) is 5.30. The maximum atomic E-state index is 10.2. The van der Waals surface area contributed by atoms with Gasteiger partial charge in [0.25, 0.3) is 0 Å². The highest BCUT2D eigenvalue weighted by Gasteiger charge is 1.95. The monoisotopic (exact) mass is 155 g/mol. The zero-order valence-electron chi connectivity index (χ0n) is 6.46. The number of esters is 1. The predicted octanol–water partition coefficient (Wildman–Crippen LogP) is 0.951. The van der Waals surface area contributed by atoms with E-state index >= 15 is 0 Å². The van der Waals surface area contributed by atoms with Crippen molar-refractivity contribution in [3.63, 3.8) is 0 Å². The van der Waals surface area contributed by atoms with Gasteiger partial charge in [-0.05, 0) is 6.92 Å². The highest BCUT2D eigenvalue weighted by molar-refractivity contribution is 5.66. The van der Waals surface area contributed by atoms with Gasteiger partial charge in [-0.25, -0.2) is 0 Å². The Balaban J connectivity index is 3.93. The van der Waals surface area contributed by atoms with Crippen LogP contribution in [0.4, 0.5) is 0 Å². The maximum absolute atomic E-state index is 10.2. The van der Waals surface area contributed by atoms with Gasteiger partial charge in [-0.3, -0.25) is 4.79 Å². The molecule has 0 saturated heterocycles. The summed E-state index contributed by atoms with van der Waals surface area (Å²) in [4.78, 5) is 10.2. The Labute approximate surface area is 65.0 Å². The summed E-state index contributed by atoms with van der Waals surface area (Å²) in [5.41, 5.74) is 0. The van der Waals surface area contributed by atoms with E-state index in [1.54, 1.807) is 13.0 Å². The maximum Gasteiger partial charge on any atom is 0.307 e. The fraction of sp³-hybridized carbons (Fsp3) is 0.429. The number of carbonyl (C=O) groups is 1. The fourth-order valence-electron chi connectivity index (χ4n) is 0.385. The Hall–Kier alpha value is -1.50. The van der Waals surface area contributed by atoms with Gasteiger partial charge < -0.3 is 9.47 Å². The van der Waals surface area contributed by atoms with E-state index in [9.17, 15) is 4.79 Å². The van der Waals surface area contributed by atoms with Gasteiger partial charge in [-0.15, -0.1) is 0 Å². The third-order valence-corrected chi connectivity index (χ3v) is 0.742. The van der Waals surface area contributed by atoms with Gasteiger partial charge in [0.15, 0.2) is 0 Å². The summed E-state index contributed by atoms with van der Waals surface area (Å²) in [7, 11) is 0. The number of hydrogen-bond acceptors (Lipinski definition) is 4. The quantitative estimate of drug-likeness (QED) is 0.346. The van der Waals surface area contributed by atoms with Gasteiger partial charge in [-0.1, -0.05) is 0 Å². The lowest BCUT2D eigenvalue weighted by atomic mass is 10.6. The summed E-state index contributed by atoms with van der Waals surface area (Å²) in [6, 6.07) is 1.72. The summed E-state index contributed by atoms with van der Waals surface area (Å²) in [5.74, 6) is -0.472. The van der Waals surface area contributed by atoms with Crippen molar-refractivity contribution in [1.29, 1.82) is 5.26 Å². The molecule has 60 valence electrons. The molecule has 0 N–H and O–H groups in total. The summed E-state index contributed by atoms with van der Waals surface area (Å²) >= 11 is 0. The molecular formula is C7H9NO3. The van der Waals surface area contributed by atoms with Crippen LogP contribution in [-0.2, 0) is 14.3 Å². The van der Waals surface area contributed by atoms with Crippen molar-refractivity contribution in [2.45, 2.75) is 13.8 Å². The van der Waals surface area contributed by atoms with Gasteiger partial charge in [0, 0.05) is 6.92 Å². The average Bonchev–Trinajstić information content (AvgIpc) is 1.97. The first-order chi connectivity index (χ1) is 5.20. The zero-order valence-corrected chi connectivity index (χ0v) is 6.46. The Bertz CT molecular complexity index is 202. The van der Waals surface area contributed by atoms with Crippen LogP contribution in [0, 0.1) is 11.3 Å². The minimum Gasteiger partial charge on any atom is -0.482 e. The van der Waals surface area contributed by atoms with Gasteiger partial charge in [0.05, 0.1) is 6.61 Å². The highest BCUT2D eigenvalue weighted by atomic mass is 16.5. The van der Waals surface area contributed by atoms with E-state index in [1.807, 2.05) is 0 Å². The molecule has 4 nitrogen and oxygen atoms in total. The van der Waals surface area contributed by atoms with E-state index in [2.05, 4.69) is 4.74 Å². The molecule has 0 aromatic heterocycles. The molecule has 4 heteroatoms. The van der Waals surface area contributed by atoms with Crippen molar-refractivity contribution in [2.75, 3.05) is 6.61 Å². The van der Waals surface area contributed by atoms with Crippen LogP contribution in [0.3, 0.4) is 0 Å². The normalized spacial score (nSPS) is 10.1. The lowest BCUT2D eigenvalue weighted by molar-refractivity contribution is -0.135. The van der Waals surface area contributed by atoms with E-state index in [4.69, 9.17) is 10.00 Å². The number of nitrogens with zero attached hydrogens (tertiary/aromatic N) is 1. The molecule has 0 spiro atoms. The second-order valence-corrected chi connectivity index (χ2v) is 1.64. The smallest absolute Gasteiger partial charge is 0.307 e. The Morgan fingerprint density at radius 1 is 1.73 bits per heavy atom. The van der Waals surface area contributed by atoms with Crippen LogP contribution in [0.1, 0.15) is 13.8 Å². The SMILES string of the molecule is CCOC(C#N)=COC(C)=O. The number of carbonyl (C=O) groups excluding carboxylic acids is 1. The van der Waals surface area contributed by atoms with E-state index < -0.39 is 5.97 Å². The van der Waals surface area contributed by atoms with Crippen molar-refractivity contribution >= 4 is 5.97 Å². The van der Waals surface area contributed by atoms with E-state index in [1.165, 1.54) is 6.92 Å². The first-order valence-corrected chi connectivity index (χ1v) is 3.11. The van der Waals surface area contributed by atoms with Gasteiger partial charge >= 0.3 is 5.97 Å². The first kappa shape index (κ1) is 9.50. The molecular weight excluding hydrogens is 146 g/mol. The molecule has 0 fully saturated rings. The van der Waals surface area contributed by atoms with Crippen LogP contribution in [0.5, 0.6) is 0 Å². The lowest BCUT2D eigenvalue weighted by Crippen LogP contribution is -1.94. The Kier molecular flexibility index (Phi) is 4.58. The molecule has 0 saturated carbocycles. The second-order valence-electron chi connectivity index (χ2n) is 1.64. The molecule has 0 atom stereocenters. The van der Waals surface area contributed by atoms with Crippen LogP contribution in [0.25, 0.3) is 0 Å². The molecule has 0 bridgehead atoms. The third-order valence-electron chi connectivity index (χ3n) is 0.742. The average molecular weight is 155 g/mol. The zero-order chi connectivity index (χ0) is 8.69. The Morgan fingerprint density at radius 2 is 2.36 bits per heavy atom. The molecule has 11 heavy (non-hydrogen) atoms. The molecule has 0 unspecified atom stereocenters. The minimum atomic E-state index is -0.475. The van der Waals surface area contributed by atoms with E-state index in [0.29, 0.717) is 6.61 Å². The largest absolute Gasteiger partial charge is 0.482 e. The number of nitriles is 1. The van der Waals surface area contributed by atoms with Gasteiger partial charge in [0.1, 0.15) is 12.3 Å². The molecule has 0 amide bonds. The van der Waals surface area contributed by atoms with Crippen LogP contribution in [0.2, 0.25) is 0 Å². The molecule has 0 aromatic carbocycles. The Morgan fingerprint density at radius 3 is 2.73 bits per heavy atom. The van der Waals surface area contributed by atoms with Crippen molar-refractivity contribution in [2.24, 2.45) is 0 Å². The number of hydrogen-bond donors (Lipinski definition) is 0. The molecule has 0 radical (unpaired) electrons. The van der Waals surface area contributed by atoms with E-state index in [-0.39, 0.29) is 5.76 Å². The van der Waals surface area contributed by atoms with Crippen LogP contribution >= 0.6 is 0 Å². The van der Waals surface area contributed by atoms with Crippen LogP contribution < -0.4 is 0 Å². The lowest BCUT2D eigenvalue weighted by Gasteiger charge is -1.97. The molecule has 0 heterocycles. The summed E-state index contributed by atoms with van der Waals surface area (Å²) < 4.78 is 9.16. The van der Waals surface area contributed by atoms with Crippen LogP contribution in [0.15, 0.2) is 12.0 Å².